The highest BCUT2D eigenvalue weighted by molar-refractivity contribution is 5.28. The van der Waals surface area contributed by atoms with Gasteiger partial charge in [0.2, 0.25) is 0 Å². The van der Waals surface area contributed by atoms with E-state index in [1.807, 2.05) is 0 Å². The van der Waals surface area contributed by atoms with E-state index in [-0.39, 0.29) is 0 Å². The van der Waals surface area contributed by atoms with Crippen LogP contribution >= 0.6 is 0 Å². The van der Waals surface area contributed by atoms with E-state index in [2.05, 4.69) is 56.4 Å². The van der Waals surface area contributed by atoms with E-state index in [4.69, 9.17) is 4.74 Å². The van der Waals surface area contributed by atoms with Gasteiger partial charge in [-0.1, -0.05) is 29.3 Å². The van der Waals surface area contributed by atoms with Crippen molar-refractivity contribution in [1.82, 2.24) is 10.2 Å². The zero-order valence-electron chi connectivity index (χ0n) is 12.1. The third-order valence-electron chi connectivity index (χ3n) is 2.72. The van der Waals surface area contributed by atoms with Crippen LogP contribution in [0.25, 0.3) is 0 Å². The van der Waals surface area contributed by atoms with Crippen molar-refractivity contribution >= 4 is 0 Å². The maximum atomic E-state index is 5.53. The second-order valence-corrected chi connectivity index (χ2v) is 5.09. The van der Waals surface area contributed by atoms with Crippen molar-refractivity contribution in [3.8, 4) is 0 Å². The van der Waals surface area contributed by atoms with E-state index in [9.17, 15) is 0 Å². The Morgan fingerprint density at radius 1 is 1.06 bits per heavy atom. The van der Waals surface area contributed by atoms with Crippen molar-refractivity contribution in [3.05, 3.63) is 34.9 Å². The molecule has 3 heteroatoms. The average molecular weight is 250 g/mol. The van der Waals surface area contributed by atoms with Gasteiger partial charge in [0.05, 0.1) is 13.2 Å². The SMILES string of the molecule is Cc1cc(C)cc(CNCCOCCN(C)C)c1. The van der Waals surface area contributed by atoms with Gasteiger partial charge < -0.3 is 15.0 Å². The summed E-state index contributed by atoms with van der Waals surface area (Å²) in [6.45, 7) is 8.66. The van der Waals surface area contributed by atoms with Gasteiger partial charge in [-0.25, -0.2) is 0 Å². The summed E-state index contributed by atoms with van der Waals surface area (Å²) in [7, 11) is 4.11. The molecule has 1 aromatic carbocycles. The van der Waals surface area contributed by atoms with Crippen molar-refractivity contribution in [2.45, 2.75) is 20.4 Å². The van der Waals surface area contributed by atoms with E-state index in [0.717, 1.165) is 32.8 Å². The molecule has 0 bridgehead atoms. The van der Waals surface area contributed by atoms with Gasteiger partial charge in [-0.3, -0.25) is 0 Å². The Morgan fingerprint density at radius 3 is 2.33 bits per heavy atom. The number of ether oxygens (including phenoxy) is 1. The standard InChI is InChI=1S/C15H26N2O/c1-13-9-14(2)11-15(10-13)12-16-5-7-18-8-6-17(3)4/h9-11,16H,5-8,12H2,1-4H3. The van der Waals surface area contributed by atoms with Crippen LogP contribution in [0.2, 0.25) is 0 Å². The van der Waals surface area contributed by atoms with Gasteiger partial charge in [0.15, 0.2) is 0 Å². The van der Waals surface area contributed by atoms with Crippen molar-refractivity contribution in [2.24, 2.45) is 0 Å². The molecule has 0 fully saturated rings. The highest BCUT2D eigenvalue weighted by Gasteiger charge is 1.96. The topological polar surface area (TPSA) is 24.5 Å². The van der Waals surface area contributed by atoms with Gasteiger partial charge in [0.1, 0.15) is 0 Å². The summed E-state index contributed by atoms with van der Waals surface area (Å²) in [5.41, 5.74) is 4.00. The predicted molar refractivity (Wildman–Crippen MR) is 77.0 cm³/mol. The van der Waals surface area contributed by atoms with Gasteiger partial charge in [-0.15, -0.1) is 0 Å². The van der Waals surface area contributed by atoms with E-state index in [1.165, 1.54) is 16.7 Å². The van der Waals surface area contributed by atoms with E-state index in [0.29, 0.717) is 0 Å². The lowest BCUT2D eigenvalue weighted by Crippen LogP contribution is -2.23. The Bertz CT molecular complexity index is 330. The molecule has 18 heavy (non-hydrogen) atoms. The predicted octanol–water partition coefficient (Wildman–Crippen LogP) is 1.97. The molecular weight excluding hydrogens is 224 g/mol. The second kappa shape index (κ2) is 8.25. The summed E-state index contributed by atoms with van der Waals surface area (Å²) in [6, 6.07) is 6.66. The van der Waals surface area contributed by atoms with Gasteiger partial charge in [-0.2, -0.15) is 0 Å². The smallest absolute Gasteiger partial charge is 0.0593 e. The number of nitrogens with zero attached hydrogens (tertiary/aromatic N) is 1. The molecule has 0 aromatic heterocycles. The molecule has 3 nitrogen and oxygen atoms in total. The number of hydrogen-bond acceptors (Lipinski definition) is 3. The summed E-state index contributed by atoms with van der Waals surface area (Å²) in [6.07, 6.45) is 0. The lowest BCUT2D eigenvalue weighted by molar-refractivity contribution is 0.119. The number of hydrogen-bond donors (Lipinski definition) is 1. The highest BCUT2D eigenvalue weighted by atomic mass is 16.5. The summed E-state index contributed by atoms with van der Waals surface area (Å²) in [4.78, 5) is 2.13. The largest absolute Gasteiger partial charge is 0.379 e. The second-order valence-electron chi connectivity index (χ2n) is 5.09. The van der Waals surface area contributed by atoms with Crippen LogP contribution in [-0.4, -0.2) is 45.3 Å². The number of rotatable bonds is 8. The summed E-state index contributed by atoms with van der Waals surface area (Å²) >= 11 is 0. The molecule has 0 spiro atoms. The molecule has 0 saturated heterocycles. The Hall–Kier alpha value is -0.900. The molecule has 0 heterocycles. The van der Waals surface area contributed by atoms with Crippen LogP contribution in [0.5, 0.6) is 0 Å². The fraction of sp³-hybridized carbons (Fsp3) is 0.600. The summed E-state index contributed by atoms with van der Waals surface area (Å²) in [5, 5.41) is 3.41. The third kappa shape index (κ3) is 6.74. The molecule has 1 N–H and O–H groups in total. The lowest BCUT2D eigenvalue weighted by Gasteiger charge is -2.10. The van der Waals surface area contributed by atoms with Crippen molar-refractivity contribution in [3.63, 3.8) is 0 Å². The first-order valence-electron chi connectivity index (χ1n) is 6.58. The van der Waals surface area contributed by atoms with E-state index >= 15 is 0 Å². The van der Waals surface area contributed by atoms with Gasteiger partial charge >= 0.3 is 0 Å². The molecular formula is C15H26N2O. The quantitative estimate of drug-likeness (QED) is 0.714. The molecule has 1 rings (SSSR count). The molecule has 0 atom stereocenters. The molecule has 0 aliphatic rings. The molecule has 0 amide bonds. The Morgan fingerprint density at radius 2 is 1.72 bits per heavy atom. The normalized spacial score (nSPS) is 11.2. The summed E-state index contributed by atoms with van der Waals surface area (Å²) < 4.78 is 5.53. The molecule has 0 aliphatic carbocycles. The highest BCUT2D eigenvalue weighted by Crippen LogP contribution is 2.08. The fourth-order valence-corrected chi connectivity index (χ4v) is 1.90. The third-order valence-corrected chi connectivity index (χ3v) is 2.72. The minimum Gasteiger partial charge on any atom is -0.379 e. The number of likely N-dealkylation sites (N-methyl/N-ethyl adjacent to an activating group) is 1. The Kier molecular flexibility index (Phi) is 6.94. The van der Waals surface area contributed by atoms with E-state index < -0.39 is 0 Å². The molecule has 102 valence electrons. The van der Waals surface area contributed by atoms with Crippen molar-refractivity contribution in [1.29, 1.82) is 0 Å². The van der Waals surface area contributed by atoms with Crippen LogP contribution < -0.4 is 5.32 Å². The molecule has 0 unspecified atom stereocenters. The van der Waals surface area contributed by atoms with Crippen LogP contribution in [0, 0.1) is 13.8 Å². The average Bonchev–Trinajstić information content (AvgIpc) is 2.26. The molecule has 0 radical (unpaired) electrons. The zero-order valence-corrected chi connectivity index (χ0v) is 12.1. The van der Waals surface area contributed by atoms with Crippen LogP contribution in [0.1, 0.15) is 16.7 Å². The van der Waals surface area contributed by atoms with Crippen LogP contribution in [0.4, 0.5) is 0 Å². The number of benzene rings is 1. The lowest BCUT2D eigenvalue weighted by atomic mass is 10.1. The number of nitrogens with one attached hydrogen (secondary N) is 1. The van der Waals surface area contributed by atoms with E-state index in [1.54, 1.807) is 0 Å². The Balaban J connectivity index is 2.10. The van der Waals surface area contributed by atoms with Crippen molar-refractivity contribution < 1.29 is 4.74 Å². The Labute approximate surface area is 111 Å². The van der Waals surface area contributed by atoms with Gasteiger partial charge in [0.25, 0.3) is 0 Å². The van der Waals surface area contributed by atoms with Crippen LogP contribution in [-0.2, 0) is 11.3 Å². The molecule has 0 aliphatic heterocycles. The first kappa shape index (κ1) is 15.2. The zero-order chi connectivity index (χ0) is 13.4. The van der Waals surface area contributed by atoms with Gasteiger partial charge in [0, 0.05) is 19.6 Å². The monoisotopic (exact) mass is 250 g/mol. The molecule has 1 aromatic rings. The number of aryl methyl sites for hydroxylation is 2. The fourth-order valence-electron chi connectivity index (χ4n) is 1.90. The first-order chi connectivity index (χ1) is 8.58. The minimum atomic E-state index is 0.776. The minimum absolute atomic E-state index is 0.776. The maximum absolute atomic E-state index is 5.53. The molecule has 0 saturated carbocycles. The van der Waals surface area contributed by atoms with Crippen LogP contribution in [0.3, 0.4) is 0 Å². The first-order valence-corrected chi connectivity index (χ1v) is 6.58. The van der Waals surface area contributed by atoms with Crippen molar-refractivity contribution in [2.75, 3.05) is 40.4 Å². The summed E-state index contributed by atoms with van der Waals surface area (Å²) in [5.74, 6) is 0. The van der Waals surface area contributed by atoms with Gasteiger partial charge in [-0.05, 0) is 33.5 Å². The maximum Gasteiger partial charge on any atom is 0.0593 e. The van der Waals surface area contributed by atoms with Crippen LogP contribution in [0.15, 0.2) is 18.2 Å².